The highest BCUT2D eigenvalue weighted by molar-refractivity contribution is 7.80. The zero-order valence-corrected chi connectivity index (χ0v) is 7.83. The quantitative estimate of drug-likeness (QED) is 0.714. The fourth-order valence-electron chi connectivity index (χ4n) is 0.963. The summed E-state index contributed by atoms with van der Waals surface area (Å²) >= 11 is 4.17. The Morgan fingerprint density at radius 2 is 2.58 bits per heavy atom. The van der Waals surface area contributed by atoms with Gasteiger partial charge >= 0.3 is 0 Å². The predicted molar refractivity (Wildman–Crippen MR) is 50.0 cm³/mol. The highest BCUT2D eigenvalue weighted by atomic mass is 32.1. The van der Waals surface area contributed by atoms with Gasteiger partial charge in [-0.3, -0.25) is 0 Å². The van der Waals surface area contributed by atoms with Crippen LogP contribution in [0.15, 0.2) is 12.4 Å². The van der Waals surface area contributed by atoms with Crippen LogP contribution in [0.1, 0.15) is 12.7 Å². The third kappa shape index (κ3) is 2.02. The van der Waals surface area contributed by atoms with Crippen molar-refractivity contribution >= 4 is 12.6 Å². The fraction of sp³-hybridized carbons (Fsp3) is 0.500. The van der Waals surface area contributed by atoms with Crippen LogP contribution < -0.4 is 0 Å². The molecule has 64 valence electrons. The molecular formula is C8H11N3S. The lowest BCUT2D eigenvalue weighted by Crippen LogP contribution is -2.09. The Labute approximate surface area is 77.4 Å². The Kier molecular flexibility index (Phi) is 3.18. The second-order valence-electron chi connectivity index (χ2n) is 2.80. The number of aromatic nitrogens is 2. The lowest BCUT2D eigenvalue weighted by Gasteiger charge is -2.08. The van der Waals surface area contributed by atoms with Gasteiger partial charge in [0, 0.05) is 18.9 Å². The van der Waals surface area contributed by atoms with E-state index < -0.39 is 0 Å². The van der Waals surface area contributed by atoms with E-state index in [4.69, 9.17) is 5.26 Å². The Bertz CT molecular complexity index is 287. The Hall–Kier alpha value is -0.950. The van der Waals surface area contributed by atoms with Crippen molar-refractivity contribution in [2.24, 2.45) is 5.92 Å². The third-order valence-electron chi connectivity index (χ3n) is 1.64. The van der Waals surface area contributed by atoms with Gasteiger partial charge in [0.15, 0.2) is 0 Å². The summed E-state index contributed by atoms with van der Waals surface area (Å²) in [5.74, 6) is 1.77. The monoisotopic (exact) mass is 181 g/mol. The number of hydrogen-bond acceptors (Lipinski definition) is 3. The molecule has 0 bridgehead atoms. The minimum Gasteiger partial charge on any atom is -0.322 e. The average molecular weight is 181 g/mol. The zero-order valence-electron chi connectivity index (χ0n) is 6.94. The van der Waals surface area contributed by atoms with E-state index in [1.54, 1.807) is 6.20 Å². The fourth-order valence-corrected chi connectivity index (χ4v) is 1.08. The summed E-state index contributed by atoms with van der Waals surface area (Å²) in [4.78, 5) is 3.90. The Morgan fingerprint density at radius 1 is 1.83 bits per heavy atom. The van der Waals surface area contributed by atoms with Crippen LogP contribution in [0.2, 0.25) is 0 Å². The molecule has 12 heavy (non-hydrogen) atoms. The second-order valence-corrected chi connectivity index (χ2v) is 3.17. The first-order valence-corrected chi connectivity index (χ1v) is 4.43. The summed E-state index contributed by atoms with van der Waals surface area (Å²) in [6, 6.07) is 2.03. The molecular weight excluding hydrogens is 170 g/mol. The van der Waals surface area contributed by atoms with E-state index in [1.165, 1.54) is 0 Å². The van der Waals surface area contributed by atoms with Crippen molar-refractivity contribution in [3.63, 3.8) is 0 Å². The number of imidazole rings is 1. The van der Waals surface area contributed by atoms with E-state index >= 15 is 0 Å². The lowest BCUT2D eigenvalue weighted by atomic mass is 10.2. The van der Waals surface area contributed by atoms with E-state index in [0.717, 1.165) is 12.3 Å². The van der Waals surface area contributed by atoms with E-state index in [2.05, 4.69) is 24.5 Å². The molecule has 0 saturated carbocycles. The molecule has 0 radical (unpaired) electrons. The first-order valence-electron chi connectivity index (χ1n) is 3.80. The average Bonchev–Trinajstić information content (AvgIpc) is 2.51. The molecule has 0 aliphatic rings. The highest BCUT2D eigenvalue weighted by Gasteiger charge is 2.04. The first kappa shape index (κ1) is 9.14. The smallest absolute Gasteiger partial charge is 0.212 e. The largest absolute Gasteiger partial charge is 0.322 e. The molecule has 0 spiro atoms. The summed E-state index contributed by atoms with van der Waals surface area (Å²) in [6.07, 6.45) is 3.46. The van der Waals surface area contributed by atoms with Gasteiger partial charge in [0.2, 0.25) is 5.82 Å². The number of hydrogen-bond donors (Lipinski definition) is 1. The van der Waals surface area contributed by atoms with Crippen molar-refractivity contribution < 1.29 is 0 Å². The van der Waals surface area contributed by atoms with Crippen LogP contribution in [0.25, 0.3) is 0 Å². The molecule has 3 nitrogen and oxygen atoms in total. The summed E-state index contributed by atoms with van der Waals surface area (Å²) in [7, 11) is 0. The van der Waals surface area contributed by atoms with Gasteiger partial charge < -0.3 is 4.57 Å². The normalized spacial score (nSPS) is 12.4. The van der Waals surface area contributed by atoms with Crippen molar-refractivity contribution in [3.05, 3.63) is 18.2 Å². The van der Waals surface area contributed by atoms with Gasteiger partial charge in [-0.15, -0.1) is 0 Å². The molecule has 0 saturated heterocycles. The van der Waals surface area contributed by atoms with Crippen LogP contribution in [0.3, 0.4) is 0 Å². The van der Waals surface area contributed by atoms with Gasteiger partial charge in [0.25, 0.3) is 0 Å². The molecule has 1 unspecified atom stereocenters. The summed E-state index contributed by atoms with van der Waals surface area (Å²) in [6.45, 7) is 2.90. The number of rotatable bonds is 3. The van der Waals surface area contributed by atoms with Crippen LogP contribution in [-0.2, 0) is 6.54 Å². The molecule has 0 N–H and O–H groups in total. The Balaban J connectivity index is 2.69. The maximum atomic E-state index is 8.64. The molecule has 0 aliphatic carbocycles. The van der Waals surface area contributed by atoms with Gasteiger partial charge in [-0.25, -0.2) is 4.98 Å². The number of nitrogens with zero attached hydrogens (tertiary/aromatic N) is 3. The van der Waals surface area contributed by atoms with Crippen molar-refractivity contribution in [2.45, 2.75) is 13.5 Å². The Morgan fingerprint density at radius 3 is 3.17 bits per heavy atom. The van der Waals surface area contributed by atoms with E-state index in [0.29, 0.717) is 11.7 Å². The number of thiol groups is 1. The van der Waals surface area contributed by atoms with E-state index in [-0.39, 0.29) is 0 Å². The number of nitriles is 1. The molecule has 0 fully saturated rings. The molecule has 0 aromatic carbocycles. The maximum Gasteiger partial charge on any atom is 0.212 e. The molecule has 0 aliphatic heterocycles. The minimum atomic E-state index is 0.467. The zero-order chi connectivity index (χ0) is 8.97. The molecule has 0 amide bonds. The second kappa shape index (κ2) is 4.17. The molecule has 1 heterocycles. The predicted octanol–water partition coefficient (Wildman–Crippen LogP) is 1.32. The van der Waals surface area contributed by atoms with Crippen LogP contribution in [0.4, 0.5) is 0 Å². The topological polar surface area (TPSA) is 41.6 Å². The maximum absolute atomic E-state index is 8.64. The molecule has 4 heteroatoms. The van der Waals surface area contributed by atoms with E-state index in [9.17, 15) is 0 Å². The summed E-state index contributed by atoms with van der Waals surface area (Å²) < 4.78 is 1.85. The summed E-state index contributed by atoms with van der Waals surface area (Å²) in [5, 5.41) is 8.64. The lowest BCUT2D eigenvalue weighted by molar-refractivity contribution is 0.527. The van der Waals surface area contributed by atoms with Crippen LogP contribution >= 0.6 is 12.6 Å². The SMILES string of the molecule is CC(CS)Cn1ccnc1C#N. The molecule has 1 aromatic rings. The molecule has 1 rings (SSSR count). The highest BCUT2D eigenvalue weighted by Crippen LogP contribution is 2.04. The van der Waals surface area contributed by atoms with Gasteiger partial charge in [-0.1, -0.05) is 6.92 Å². The minimum absolute atomic E-state index is 0.467. The molecule has 1 aromatic heterocycles. The van der Waals surface area contributed by atoms with Gasteiger partial charge in [0.05, 0.1) is 0 Å². The standard InChI is InChI=1S/C8H11N3S/c1-7(6-12)5-11-3-2-10-8(11)4-9/h2-3,7,12H,5-6H2,1H3. The van der Waals surface area contributed by atoms with Gasteiger partial charge in [-0.2, -0.15) is 17.9 Å². The van der Waals surface area contributed by atoms with Gasteiger partial charge in [0.1, 0.15) is 6.07 Å². The van der Waals surface area contributed by atoms with Crippen LogP contribution in [-0.4, -0.2) is 15.3 Å². The van der Waals surface area contributed by atoms with Crippen molar-refractivity contribution in [3.8, 4) is 6.07 Å². The van der Waals surface area contributed by atoms with Crippen molar-refractivity contribution in [1.29, 1.82) is 5.26 Å². The third-order valence-corrected chi connectivity index (χ3v) is 2.26. The van der Waals surface area contributed by atoms with Crippen LogP contribution in [0, 0.1) is 17.2 Å². The first-order chi connectivity index (χ1) is 5.77. The van der Waals surface area contributed by atoms with Gasteiger partial charge in [-0.05, 0) is 11.7 Å². The van der Waals surface area contributed by atoms with Crippen LogP contribution in [0.5, 0.6) is 0 Å². The van der Waals surface area contributed by atoms with Crippen molar-refractivity contribution in [1.82, 2.24) is 9.55 Å². The van der Waals surface area contributed by atoms with E-state index in [1.807, 2.05) is 16.8 Å². The van der Waals surface area contributed by atoms with Crippen molar-refractivity contribution in [2.75, 3.05) is 5.75 Å². The molecule has 1 atom stereocenters. The summed E-state index contributed by atoms with van der Waals surface area (Å²) in [5.41, 5.74) is 0.